The Morgan fingerprint density at radius 3 is 2.22 bits per heavy atom. The predicted octanol–water partition coefficient (Wildman–Crippen LogP) is 1.86. The Bertz CT molecular complexity index is 777. The van der Waals surface area contributed by atoms with E-state index < -0.39 is 10.0 Å². The van der Waals surface area contributed by atoms with Crippen LogP contribution in [0.4, 0.5) is 4.79 Å². The molecule has 4 rings (SSSR count). The summed E-state index contributed by atoms with van der Waals surface area (Å²) in [5.74, 6) is 1.00. The lowest BCUT2D eigenvalue weighted by Gasteiger charge is -2.28. The fraction of sp³-hybridized carbons (Fsp3) is 0.650. The van der Waals surface area contributed by atoms with Crippen LogP contribution >= 0.6 is 0 Å². The van der Waals surface area contributed by atoms with Gasteiger partial charge in [-0.1, -0.05) is 24.3 Å². The first kappa shape index (κ1) is 18.7. The van der Waals surface area contributed by atoms with Crippen molar-refractivity contribution in [3.05, 3.63) is 35.4 Å². The number of sulfonamides is 1. The van der Waals surface area contributed by atoms with Crippen LogP contribution in [0.25, 0.3) is 0 Å². The second-order valence-electron chi connectivity index (χ2n) is 8.25. The molecule has 0 aromatic heterocycles. The van der Waals surface area contributed by atoms with Crippen LogP contribution in [0.15, 0.2) is 24.3 Å². The van der Waals surface area contributed by atoms with E-state index in [9.17, 15) is 13.2 Å². The molecule has 2 atom stereocenters. The highest BCUT2D eigenvalue weighted by Crippen LogP contribution is 2.40. The molecule has 148 valence electrons. The highest BCUT2D eigenvalue weighted by molar-refractivity contribution is 7.88. The minimum Gasteiger partial charge on any atom is -0.335 e. The predicted molar refractivity (Wildman–Crippen MR) is 105 cm³/mol. The van der Waals surface area contributed by atoms with Crippen molar-refractivity contribution >= 4 is 16.1 Å². The second-order valence-corrected chi connectivity index (χ2v) is 10.2. The fourth-order valence-corrected chi connectivity index (χ4v) is 5.92. The van der Waals surface area contributed by atoms with E-state index in [2.05, 4.69) is 29.6 Å². The van der Waals surface area contributed by atoms with Gasteiger partial charge in [-0.05, 0) is 55.1 Å². The molecule has 2 fully saturated rings. The van der Waals surface area contributed by atoms with E-state index in [0.29, 0.717) is 44.4 Å². The molecule has 6 nitrogen and oxygen atoms in total. The van der Waals surface area contributed by atoms with Crippen LogP contribution in [0.1, 0.15) is 30.4 Å². The molecule has 1 aromatic rings. The maximum absolute atomic E-state index is 12.9. The zero-order valence-corrected chi connectivity index (χ0v) is 16.7. The summed E-state index contributed by atoms with van der Waals surface area (Å²) in [6, 6.07) is 8.86. The van der Waals surface area contributed by atoms with Gasteiger partial charge in [0.2, 0.25) is 10.0 Å². The van der Waals surface area contributed by atoms with Gasteiger partial charge < -0.3 is 10.2 Å². The first-order chi connectivity index (χ1) is 12.9. The number of carbonyl (C=O) groups excluding carboxylic acids is 1. The minimum absolute atomic E-state index is 0.0294. The number of fused-ring (bicyclic) bond motifs is 3. The van der Waals surface area contributed by atoms with Crippen LogP contribution in [-0.2, 0) is 22.9 Å². The molecule has 1 aliphatic heterocycles. The summed E-state index contributed by atoms with van der Waals surface area (Å²) in [6.45, 7) is 1.95. The fourth-order valence-electron chi connectivity index (χ4n) is 5.05. The minimum atomic E-state index is -3.19. The molecule has 1 saturated heterocycles. The van der Waals surface area contributed by atoms with E-state index in [1.807, 2.05) is 0 Å². The third kappa shape index (κ3) is 3.99. The molecule has 0 spiro atoms. The van der Waals surface area contributed by atoms with E-state index in [1.54, 1.807) is 4.90 Å². The number of nitrogens with zero attached hydrogens (tertiary/aromatic N) is 2. The van der Waals surface area contributed by atoms with Crippen molar-refractivity contribution in [2.75, 3.05) is 32.4 Å². The maximum atomic E-state index is 12.9. The summed E-state index contributed by atoms with van der Waals surface area (Å²) in [6.07, 6.45) is 6.35. The summed E-state index contributed by atoms with van der Waals surface area (Å²) in [7, 11) is -3.19. The van der Waals surface area contributed by atoms with Crippen molar-refractivity contribution in [1.82, 2.24) is 14.5 Å². The van der Waals surface area contributed by atoms with E-state index in [-0.39, 0.29) is 12.1 Å². The number of rotatable bonds is 2. The quantitative estimate of drug-likeness (QED) is 0.837. The Labute approximate surface area is 162 Å². The Morgan fingerprint density at radius 2 is 1.63 bits per heavy atom. The number of amides is 2. The molecule has 1 heterocycles. The average Bonchev–Trinajstić information content (AvgIpc) is 2.79. The van der Waals surface area contributed by atoms with Crippen molar-refractivity contribution in [2.45, 2.75) is 38.1 Å². The lowest BCUT2D eigenvalue weighted by atomic mass is 9.94. The van der Waals surface area contributed by atoms with Gasteiger partial charge in [-0.15, -0.1) is 0 Å². The molecular weight excluding hydrogens is 362 g/mol. The summed E-state index contributed by atoms with van der Waals surface area (Å²) < 4.78 is 25.0. The molecule has 7 heteroatoms. The molecule has 27 heavy (non-hydrogen) atoms. The van der Waals surface area contributed by atoms with E-state index in [0.717, 1.165) is 12.8 Å². The van der Waals surface area contributed by atoms with Crippen LogP contribution in [-0.4, -0.2) is 62.1 Å². The molecule has 0 radical (unpaired) electrons. The highest BCUT2D eigenvalue weighted by Gasteiger charge is 2.40. The second kappa shape index (κ2) is 7.43. The highest BCUT2D eigenvalue weighted by atomic mass is 32.2. The Balaban J connectivity index is 1.41. The number of hydrogen-bond acceptors (Lipinski definition) is 3. The largest absolute Gasteiger partial charge is 0.335 e. The van der Waals surface area contributed by atoms with Gasteiger partial charge in [-0.3, -0.25) is 0 Å². The third-order valence-electron chi connectivity index (χ3n) is 6.51. The number of benzene rings is 1. The zero-order valence-electron chi connectivity index (χ0n) is 15.9. The van der Waals surface area contributed by atoms with Crippen molar-refractivity contribution in [2.24, 2.45) is 11.8 Å². The van der Waals surface area contributed by atoms with Crippen molar-refractivity contribution in [3.8, 4) is 0 Å². The average molecular weight is 392 g/mol. The lowest BCUT2D eigenvalue weighted by molar-refractivity contribution is 0.188. The first-order valence-electron chi connectivity index (χ1n) is 9.99. The number of nitrogens with one attached hydrogen (secondary N) is 1. The van der Waals surface area contributed by atoms with Gasteiger partial charge in [0.05, 0.1) is 6.26 Å². The molecule has 1 N–H and O–H groups in total. The molecule has 2 bridgehead atoms. The van der Waals surface area contributed by atoms with Gasteiger partial charge >= 0.3 is 6.03 Å². The molecule has 2 unspecified atom stereocenters. The number of urea groups is 1. The Hall–Kier alpha value is -1.60. The number of hydrogen-bond donors (Lipinski definition) is 1. The van der Waals surface area contributed by atoms with E-state index in [1.165, 1.54) is 34.5 Å². The lowest BCUT2D eigenvalue weighted by Crippen LogP contribution is -2.49. The standard InChI is InChI=1S/C20H29N3O3S/c1-27(25,26)23-10-4-9-22(11-12-23)20(24)21-19-17-7-8-18(19)14-16-6-3-2-5-15(16)13-17/h2-3,5-6,17-19H,4,7-14H2,1H3,(H,21,24). The van der Waals surface area contributed by atoms with Crippen LogP contribution in [0.5, 0.6) is 0 Å². The molecule has 2 aliphatic carbocycles. The molecule has 2 amide bonds. The van der Waals surface area contributed by atoms with E-state index in [4.69, 9.17) is 0 Å². The first-order valence-corrected chi connectivity index (χ1v) is 11.8. The molecule has 3 aliphatic rings. The molecule has 1 aromatic carbocycles. The third-order valence-corrected chi connectivity index (χ3v) is 7.81. The van der Waals surface area contributed by atoms with Crippen LogP contribution in [0.2, 0.25) is 0 Å². The smallest absolute Gasteiger partial charge is 0.317 e. The van der Waals surface area contributed by atoms with Gasteiger partial charge in [-0.25, -0.2) is 17.5 Å². The summed E-state index contributed by atoms with van der Waals surface area (Å²) >= 11 is 0. The van der Waals surface area contributed by atoms with Crippen LogP contribution in [0.3, 0.4) is 0 Å². The van der Waals surface area contributed by atoms with Gasteiger partial charge in [0.15, 0.2) is 0 Å². The summed E-state index contributed by atoms with van der Waals surface area (Å²) in [5, 5.41) is 3.33. The Morgan fingerprint density at radius 1 is 1.00 bits per heavy atom. The van der Waals surface area contributed by atoms with Crippen molar-refractivity contribution < 1.29 is 13.2 Å². The Kier molecular flexibility index (Phi) is 5.16. The topological polar surface area (TPSA) is 69.7 Å². The van der Waals surface area contributed by atoms with Crippen LogP contribution in [0, 0.1) is 11.8 Å². The molecule has 1 saturated carbocycles. The van der Waals surface area contributed by atoms with E-state index >= 15 is 0 Å². The van der Waals surface area contributed by atoms with Gasteiger partial charge in [0, 0.05) is 32.2 Å². The zero-order chi connectivity index (χ0) is 19.0. The van der Waals surface area contributed by atoms with Crippen molar-refractivity contribution in [1.29, 1.82) is 0 Å². The summed E-state index contributed by atoms with van der Waals surface area (Å²) in [4.78, 5) is 14.7. The SMILES string of the molecule is CS(=O)(=O)N1CCCN(C(=O)NC2C3CCC2Cc2ccccc2C3)CC1. The normalized spacial score (nSPS) is 28.9. The van der Waals surface area contributed by atoms with Crippen LogP contribution < -0.4 is 5.32 Å². The van der Waals surface area contributed by atoms with Crippen molar-refractivity contribution in [3.63, 3.8) is 0 Å². The molecular formula is C20H29N3O3S. The van der Waals surface area contributed by atoms with Gasteiger partial charge in [0.1, 0.15) is 0 Å². The van der Waals surface area contributed by atoms with Gasteiger partial charge in [0.25, 0.3) is 0 Å². The maximum Gasteiger partial charge on any atom is 0.317 e. The monoisotopic (exact) mass is 391 g/mol. The summed E-state index contributed by atoms with van der Waals surface area (Å²) in [5.41, 5.74) is 2.87. The number of carbonyl (C=O) groups is 1. The van der Waals surface area contributed by atoms with Gasteiger partial charge in [-0.2, -0.15) is 0 Å².